The largest absolute Gasteiger partial charge is 0.439 e. The van der Waals surface area contributed by atoms with Crippen LogP contribution in [0.25, 0.3) is 11.3 Å². The third kappa shape index (κ3) is 3.99. The first-order valence-electron chi connectivity index (χ1n) is 8.29. The highest BCUT2D eigenvalue weighted by Crippen LogP contribution is 2.26. The summed E-state index contributed by atoms with van der Waals surface area (Å²) in [4.78, 5) is 8.50. The molecule has 0 aliphatic carbocycles. The second-order valence-corrected chi connectivity index (χ2v) is 7.42. The highest BCUT2D eigenvalue weighted by atomic mass is 32.2. The van der Waals surface area contributed by atoms with Crippen molar-refractivity contribution in [1.29, 1.82) is 0 Å². The SMILES string of the molecule is O=S(=O)(Nc1nc(Oc2ccccc2)cc(-c2ccccc2)n1)c1cn[nH]c1. The van der Waals surface area contributed by atoms with Gasteiger partial charge in [-0.3, -0.25) is 5.10 Å². The van der Waals surface area contributed by atoms with E-state index in [1.807, 2.05) is 48.5 Å². The Labute approximate surface area is 161 Å². The fraction of sp³-hybridized carbons (Fsp3) is 0. The molecule has 0 bridgehead atoms. The van der Waals surface area contributed by atoms with Crippen LogP contribution in [0.5, 0.6) is 11.6 Å². The van der Waals surface area contributed by atoms with Crippen molar-refractivity contribution in [3.8, 4) is 22.9 Å². The minimum atomic E-state index is -3.88. The van der Waals surface area contributed by atoms with Gasteiger partial charge in [-0.05, 0) is 12.1 Å². The van der Waals surface area contributed by atoms with Gasteiger partial charge in [-0.25, -0.2) is 18.1 Å². The molecule has 2 aromatic heterocycles. The molecule has 0 unspecified atom stereocenters. The number of nitrogens with one attached hydrogen (secondary N) is 2. The normalized spacial score (nSPS) is 11.1. The highest BCUT2D eigenvalue weighted by molar-refractivity contribution is 7.92. The van der Waals surface area contributed by atoms with Gasteiger partial charge in [-0.15, -0.1) is 0 Å². The Hall–Kier alpha value is -3.72. The van der Waals surface area contributed by atoms with Crippen molar-refractivity contribution in [3.63, 3.8) is 0 Å². The number of nitrogens with zero attached hydrogens (tertiary/aromatic N) is 3. The maximum absolute atomic E-state index is 12.5. The van der Waals surface area contributed by atoms with Crippen molar-refractivity contribution < 1.29 is 13.2 Å². The molecule has 0 fully saturated rings. The number of anilines is 1. The van der Waals surface area contributed by atoms with Crippen molar-refractivity contribution in [2.24, 2.45) is 0 Å². The lowest BCUT2D eigenvalue weighted by Gasteiger charge is -2.10. The van der Waals surface area contributed by atoms with E-state index in [0.717, 1.165) is 5.56 Å². The molecule has 8 nitrogen and oxygen atoms in total. The number of aromatic amines is 1. The first kappa shape index (κ1) is 17.7. The van der Waals surface area contributed by atoms with Gasteiger partial charge in [0.1, 0.15) is 10.6 Å². The number of para-hydroxylation sites is 1. The van der Waals surface area contributed by atoms with Crippen LogP contribution in [0.4, 0.5) is 5.95 Å². The molecule has 4 rings (SSSR count). The summed E-state index contributed by atoms with van der Waals surface area (Å²) in [6, 6.07) is 20.1. The number of hydrogen-bond donors (Lipinski definition) is 2. The molecule has 0 saturated heterocycles. The number of benzene rings is 2. The van der Waals surface area contributed by atoms with E-state index in [1.165, 1.54) is 12.4 Å². The van der Waals surface area contributed by atoms with E-state index in [-0.39, 0.29) is 16.7 Å². The number of aromatic nitrogens is 4. The zero-order valence-electron chi connectivity index (χ0n) is 14.5. The third-order valence-electron chi connectivity index (χ3n) is 3.75. The molecular weight excluding hydrogens is 378 g/mol. The summed E-state index contributed by atoms with van der Waals surface area (Å²) >= 11 is 0. The molecule has 0 aliphatic rings. The molecule has 4 aromatic rings. The first-order valence-corrected chi connectivity index (χ1v) is 9.77. The Morgan fingerprint density at radius 3 is 2.32 bits per heavy atom. The van der Waals surface area contributed by atoms with Crippen LogP contribution >= 0.6 is 0 Å². The maximum atomic E-state index is 12.5. The van der Waals surface area contributed by atoms with Gasteiger partial charge in [0.05, 0.1) is 11.9 Å². The van der Waals surface area contributed by atoms with Crippen LogP contribution in [0.1, 0.15) is 0 Å². The van der Waals surface area contributed by atoms with Crippen LogP contribution in [0.2, 0.25) is 0 Å². The van der Waals surface area contributed by atoms with Crippen LogP contribution in [0, 0.1) is 0 Å². The number of H-pyrrole nitrogens is 1. The van der Waals surface area contributed by atoms with E-state index < -0.39 is 10.0 Å². The summed E-state index contributed by atoms with van der Waals surface area (Å²) in [6.45, 7) is 0. The van der Waals surface area contributed by atoms with Gasteiger partial charge in [0, 0.05) is 17.8 Å². The van der Waals surface area contributed by atoms with Crippen LogP contribution in [-0.2, 0) is 10.0 Å². The van der Waals surface area contributed by atoms with Gasteiger partial charge < -0.3 is 4.74 Å². The molecule has 140 valence electrons. The van der Waals surface area contributed by atoms with Gasteiger partial charge in [0.25, 0.3) is 10.0 Å². The Kier molecular flexibility index (Phi) is 4.73. The molecule has 0 radical (unpaired) electrons. The smallest absolute Gasteiger partial charge is 0.267 e. The Morgan fingerprint density at radius 2 is 1.64 bits per heavy atom. The Morgan fingerprint density at radius 1 is 0.929 bits per heavy atom. The molecule has 2 N–H and O–H groups in total. The highest BCUT2D eigenvalue weighted by Gasteiger charge is 2.18. The second kappa shape index (κ2) is 7.49. The molecule has 9 heteroatoms. The molecule has 0 aliphatic heterocycles. The van der Waals surface area contributed by atoms with E-state index in [2.05, 4.69) is 24.9 Å². The second-order valence-electron chi connectivity index (χ2n) is 5.74. The molecule has 28 heavy (non-hydrogen) atoms. The summed E-state index contributed by atoms with van der Waals surface area (Å²) in [5.74, 6) is 0.683. The summed E-state index contributed by atoms with van der Waals surface area (Å²) in [5.41, 5.74) is 1.32. The van der Waals surface area contributed by atoms with Crippen LogP contribution < -0.4 is 9.46 Å². The van der Waals surface area contributed by atoms with Crippen molar-refractivity contribution in [3.05, 3.63) is 79.1 Å². The van der Waals surface area contributed by atoms with Crippen molar-refractivity contribution in [1.82, 2.24) is 20.2 Å². The molecule has 0 atom stereocenters. The van der Waals surface area contributed by atoms with E-state index in [9.17, 15) is 8.42 Å². The fourth-order valence-electron chi connectivity index (χ4n) is 2.45. The summed E-state index contributed by atoms with van der Waals surface area (Å²) < 4.78 is 33.1. The van der Waals surface area contributed by atoms with Gasteiger partial charge in [-0.1, -0.05) is 48.5 Å². The van der Waals surface area contributed by atoms with Crippen LogP contribution in [-0.4, -0.2) is 28.6 Å². The lowest BCUT2D eigenvalue weighted by atomic mass is 10.1. The van der Waals surface area contributed by atoms with E-state index in [1.54, 1.807) is 18.2 Å². The van der Waals surface area contributed by atoms with Crippen molar-refractivity contribution >= 4 is 16.0 Å². The molecule has 0 saturated carbocycles. The third-order valence-corrected chi connectivity index (χ3v) is 5.04. The minimum Gasteiger partial charge on any atom is -0.439 e. The van der Waals surface area contributed by atoms with Gasteiger partial charge >= 0.3 is 0 Å². The monoisotopic (exact) mass is 393 g/mol. The first-order chi connectivity index (χ1) is 13.6. The number of rotatable bonds is 6. The zero-order valence-corrected chi connectivity index (χ0v) is 15.3. The number of ether oxygens (including phenoxy) is 1. The predicted octanol–water partition coefficient (Wildman–Crippen LogP) is 3.46. The van der Waals surface area contributed by atoms with E-state index in [0.29, 0.717) is 11.4 Å². The fourth-order valence-corrected chi connectivity index (χ4v) is 3.30. The predicted molar refractivity (Wildman–Crippen MR) is 103 cm³/mol. The van der Waals surface area contributed by atoms with E-state index >= 15 is 0 Å². The molecule has 2 aromatic carbocycles. The molecule has 0 amide bonds. The van der Waals surface area contributed by atoms with Crippen LogP contribution in [0.15, 0.2) is 84.0 Å². The average molecular weight is 393 g/mol. The number of hydrogen-bond acceptors (Lipinski definition) is 6. The van der Waals surface area contributed by atoms with Crippen molar-refractivity contribution in [2.45, 2.75) is 4.90 Å². The summed E-state index contributed by atoms with van der Waals surface area (Å²) in [6.07, 6.45) is 2.47. The topological polar surface area (TPSA) is 110 Å². The zero-order chi connectivity index (χ0) is 19.4. The summed E-state index contributed by atoms with van der Waals surface area (Å²) in [7, 11) is -3.88. The van der Waals surface area contributed by atoms with E-state index in [4.69, 9.17) is 4.74 Å². The van der Waals surface area contributed by atoms with Gasteiger partial charge in [-0.2, -0.15) is 10.1 Å². The maximum Gasteiger partial charge on any atom is 0.267 e. The molecular formula is C19H15N5O3S. The number of sulfonamides is 1. The Bertz CT molecular complexity index is 1160. The lowest BCUT2D eigenvalue weighted by Crippen LogP contribution is -2.15. The quantitative estimate of drug-likeness (QED) is 0.519. The van der Waals surface area contributed by atoms with Gasteiger partial charge in [0.15, 0.2) is 0 Å². The minimum absolute atomic E-state index is 0.0215. The standard InChI is InChI=1S/C19H15N5O3S/c25-28(26,16-12-20-21-13-16)24-19-22-17(14-7-3-1-4-8-14)11-18(23-19)27-15-9-5-2-6-10-15/h1-13H,(H,20,21)(H,22,23,24). The van der Waals surface area contributed by atoms with Crippen LogP contribution in [0.3, 0.4) is 0 Å². The molecule has 2 heterocycles. The Balaban J connectivity index is 1.74. The molecule has 0 spiro atoms. The summed E-state index contributed by atoms with van der Waals surface area (Å²) in [5, 5.41) is 6.13. The van der Waals surface area contributed by atoms with Gasteiger partial charge in [0.2, 0.25) is 11.8 Å². The lowest BCUT2D eigenvalue weighted by molar-refractivity contribution is 0.463. The van der Waals surface area contributed by atoms with Crippen molar-refractivity contribution in [2.75, 3.05) is 4.72 Å². The average Bonchev–Trinajstić information content (AvgIpc) is 3.25.